The molecule has 3 rings (SSSR count). The van der Waals surface area contributed by atoms with Gasteiger partial charge < -0.3 is 19.5 Å². The van der Waals surface area contributed by atoms with Crippen molar-refractivity contribution in [1.29, 1.82) is 0 Å². The summed E-state index contributed by atoms with van der Waals surface area (Å²) in [5.41, 5.74) is 0.725. The van der Waals surface area contributed by atoms with Crippen LogP contribution in [-0.2, 0) is 17.6 Å². The van der Waals surface area contributed by atoms with Crippen LogP contribution in [0.2, 0.25) is 0 Å². The van der Waals surface area contributed by atoms with Gasteiger partial charge in [0.1, 0.15) is 30.5 Å². The molecule has 10 heteroatoms. The van der Waals surface area contributed by atoms with E-state index in [1.54, 1.807) is 19.1 Å². The van der Waals surface area contributed by atoms with Crippen LogP contribution in [0.15, 0.2) is 35.9 Å². The van der Waals surface area contributed by atoms with Gasteiger partial charge in [-0.05, 0) is 44.7 Å². The lowest BCUT2D eigenvalue weighted by Crippen LogP contribution is -2.26. The first-order chi connectivity index (χ1) is 15.5. The van der Waals surface area contributed by atoms with Crippen molar-refractivity contribution in [2.24, 2.45) is 0 Å². The van der Waals surface area contributed by atoms with E-state index >= 15 is 0 Å². The molecule has 1 N–H and O–H groups in total. The summed E-state index contributed by atoms with van der Waals surface area (Å²) in [6, 6.07) is 6.56. The van der Waals surface area contributed by atoms with Crippen LogP contribution in [0.3, 0.4) is 0 Å². The molecular formula is C24H26ClF4NO4. The summed E-state index contributed by atoms with van der Waals surface area (Å²) < 4.78 is 65.8. The van der Waals surface area contributed by atoms with Gasteiger partial charge in [-0.3, -0.25) is 4.79 Å². The lowest BCUT2D eigenvalue weighted by atomic mass is 10.0. The average Bonchev–Trinajstić information content (AvgIpc) is 2.72. The van der Waals surface area contributed by atoms with E-state index in [2.05, 4.69) is 0 Å². The predicted molar refractivity (Wildman–Crippen MR) is 122 cm³/mol. The van der Waals surface area contributed by atoms with Gasteiger partial charge in [0, 0.05) is 30.7 Å². The summed E-state index contributed by atoms with van der Waals surface area (Å²) in [7, 11) is 1.84. The fourth-order valence-corrected chi connectivity index (χ4v) is 3.59. The average molecular weight is 504 g/mol. The molecule has 0 aromatic heterocycles. The fourth-order valence-electron chi connectivity index (χ4n) is 3.59. The molecule has 0 fully saturated rings. The number of aliphatic carboxylic acids is 1. The van der Waals surface area contributed by atoms with Gasteiger partial charge in [0.2, 0.25) is 0 Å². The molecule has 1 heterocycles. The number of carboxylic acids is 1. The molecule has 2 aromatic rings. The van der Waals surface area contributed by atoms with E-state index in [4.69, 9.17) is 14.6 Å². The standard InChI is InChI=1S/C24H25F4NO4.ClH/c1-15-5-6-17(20(8-15)24(26,27)28)14-32-18-10-21(25)19-9-16(13-33-22(19)11-18)12-29(2)7-3-4-23(30)31;/h5-6,8-11H,3-4,7,12-14H2,1-2H3,(H,30,31);1H. The van der Waals surface area contributed by atoms with E-state index in [1.165, 1.54) is 12.1 Å². The van der Waals surface area contributed by atoms with E-state index in [0.29, 0.717) is 25.1 Å². The van der Waals surface area contributed by atoms with Crippen molar-refractivity contribution >= 4 is 24.5 Å². The zero-order valence-electron chi connectivity index (χ0n) is 18.7. The zero-order chi connectivity index (χ0) is 24.2. The molecule has 0 unspecified atom stereocenters. The molecule has 34 heavy (non-hydrogen) atoms. The van der Waals surface area contributed by atoms with Crippen LogP contribution in [-0.4, -0.2) is 42.7 Å². The van der Waals surface area contributed by atoms with Crippen molar-refractivity contribution in [3.63, 3.8) is 0 Å². The van der Waals surface area contributed by atoms with E-state index < -0.39 is 23.5 Å². The van der Waals surface area contributed by atoms with Crippen molar-refractivity contribution in [2.45, 2.75) is 32.5 Å². The van der Waals surface area contributed by atoms with Crippen molar-refractivity contribution < 1.29 is 36.9 Å². The lowest BCUT2D eigenvalue weighted by molar-refractivity contribution is -0.139. The summed E-state index contributed by atoms with van der Waals surface area (Å²) in [4.78, 5) is 12.6. The Balaban J connectivity index is 0.00000408. The van der Waals surface area contributed by atoms with Crippen molar-refractivity contribution in [1.82, 2.24) is 4.90 Å². The maximum absolute atomic E-state index is 14.7. The SMILES string of the molecule is Cc1ccc(COc2cc(F)c3c(c2)OCC(CN(C)CCCC(=O)O)=C3)c(C(F)(F)F)c1.Cl. The normalized spacial score (nSPS) is 13.0. The van der Waals surface area contributed by atoms with Crippen LogP contribution in [0, 0.1) is 12.7 Å². The highest BCUT2D eigenvalue weighted by atomic mass is 35.5. The minimum atomic E-state index is -4.52. The topological polar surface area (TPSA) is 59.0 Å². The highest BCUT2D eigenvalue weighted by Gasteiger charge is 2.33. The van der Waals surface area contributed by atoms with E-state index in [1.807, 2.05) is 11.9 Å². The van der Waals surface area contributed by atoms with Gasteiger partial charge in [-0.2, -0.15) is 13.2 Å². The van der Waals surface area contributed by atoms with E-state index in [-0.39, 0.29) is 54.7 Å². The summed E-state index contributed by atoms with van der Waals surface area (Å²) in [5, 5.41) is 8.72. The smallest absolute Gasteiger partial charge is 0.416 e. The molecule has 0 aliphatic carbocycles. The Morgan fingerprint density at radius 3 is 2.65 bits per heavy atom. The van der Waals surface area contributed by atoms with E-state index in [9.17, 15) is 22.4 Å². The third-order valence-corrected chi connectivity index (χ3v) is 5.20. The molecule has 5 nitrogen and oxygen atoms in total. The number of carboxylic acid groups (broad SMARTS) is 1. The minimum Gasteiger partial charge on any atom is -0.489 e. The molecule has 0 spiro atoms. The number of hydrogen-bond donors (Lipinski definition) is 1. The van der Waals surface area contributed by atoms with Crippen LogP contribution < -0.4 is 9.47 Å². The molecule has 0 atom stereocenters. The number of nitrogens with zero attached hydrogens (tertiary/aromatic N) is 1. The maximum Gasteiger partial charge on any atom is 0.416 e. The number of alkyl halides is 3. The highest BCUT2D eigenvalue weighted by molar-refractivity contribution is 5.85. The van der Waals surface area contributed by atoms with Gasteiger partial charge in [-0.25, -0.2) is 4.39 Å². The first-order valence-electron chi connectivity index (χ1n) is 10.4. The van der Waals surface area contributed by atoms with Gasteiger partial charge >= 0.3 is 12.1 Å². The second-order valence-electron chi connectivity index (χ2n) is 8.09. The minimum absolute atomic E-state index is 0. The molecule has 0 saturated carbocycles. The molecule has 1 aliphatic heterocycles. The number of likely N-dealkylation sites (N-methyl/N-ethyl adjacent to an activating group) is 1. The lowest BCUT2D eigenvalue weighted by Gasteiger charge is -2.23. The van der Waals surface area contributed by atoms with Crippen LogP contribution in [0.1, 0.15) is 35.1 Å². The number of ether oxygens (including phenoxy) is 2. The van der Waals surface area contributed by atoms with Crippen molar-refractivity contribution in [3.8, 4) is 11.5 Å². The number of aryl methyl sites for hydroxylation is 1. The van der Waals surface area contributed by atoms with Crippen LogP contribution >= 0.6 is 12.4 Å². The van der Waals surface area contributed by atoms with Crippen molar-refractivity contribution in [2.75, 3.05) is 26.7 Å². The third-order valence-electron chi connectivity index (χ3n) is 5.20. The molecular weight excluding hydrogens is 478 g/mol. The number of rotatable bonds is 9. The summed E-state index contributed by atoms with van der Waals surface area (Å²) in [6.45, 7) is 2.49. The number of carbonyl (C=O) groups is 1. The number of hydrogen-bond acceptors (Lipinski definition) is 4. The second kappa shape index (κ2) is 11.6. The fraction of sp³-hybridized carbons (Fsp3) is 0.375. The first-order valence-corrected chi connectivity index (χ1v) is 10.4. The van der Waals surface area contributed by atoms with Gasteiger partial charge in [-0.1, -0.05) is 17.7 Å². The number of halogens is 5. The molecule has 0 bridgehead atoms. The van der Waals surface area contributed by atoms with Gasteiger partial charge in [0.15, 0.2) is 0 Å². The Morgan fingerprint density at radius 2 is 1.97 bits per heavy atom. The van der Waals surface area contributed by atoms with Gasteiger partial charge in [0.25, 0.3) is 0 Å². The first kappa shape index (κ1) is 27.5. The molecule has 0 saturated heterocycles. The monoisotopic (exact) mass is 503 g/mol. The highest BCUT2D eigenvalue weighted by Crippen LogP contribution is 2.35. The number of fused-ring (bicyclic) bond motifs is 1. The largest absolute Gasteiger partial charge is 0.489 e. The van der Waals surface area contributed by atoms with E-state index in [0.717, 1.165) is 17.7 Å². The summed E-state index contributed by atoms with van der Waals surface area (Å²) in [5.74, 6) is -1.13. The number of benzene rings is 2. The molecule has 1 aliphatic rings. The Hall–Kier alpha value is -2.78. The summed E-state index contributed by atoms with van der Waals surface area (Å²) >= 11 is 0. The van der Waals surface area contributed by atoms with Gasteiger partial charge in [-0.15, -0.1) is 12.4 Å². The van der Waals surface area contributed by atoms with Crippen LogP contribution in [0.5, 0.6) is 11.5 Å². The molecule has 186 valence electrons. The van der Waals surface area contributed by atoms with Crippen LogP contribution in [0.4, 0.5) is 17.6 Å². The zero-order valence-corrected chi connectivity index (χ0v) is 19.6. The Kier molecular flexibility index (Phi) is 9.35. The second-order valence-corrected chi connectivity index (χ2v) is 8.09. The maximum atomic E-state index is 14.7. The Morgan fingerprint density at radius 1 is 1.24 bits per heavy atom. The van der Waals surface area contributed by atoms with Gasteiger partial charge in [0.05, 0.1) is 11.1 Å². The molecule has 0 radical (unpaired) electrons. The van der Waals surface area contributed by atoms with Crippen LogP contribution in [0.25, 0.3) is 6.08 Å². The van der Waals surface area contributed by atoms with Crippen molar-refractivity contribution in [3.05, 3.63) is 64.0 Å². The molecule has 2 aromatic carbocycles. The Bertz CT molecular complexity index is 1060. The quantitative estimate of drug-likeness (QED) is 0.443. The molecule has 0 amide bonds. The third kappa shape index (κ3) is 7.36. The summed E-state index contributed by atoms with van der Waals surface area (Å²) in [6.07, 6.45) is -2.26. The predicted octanol–water partition coefficient (Wildman–Crippen LogP) is 5.73. The Labute approximate surface area is 201 Å².